The van der Waals surface area contributed by atoms with Gasteiger partial charge in [0.05, 0.1) is 17.8 Å². The zero-order valence-corrected chi connectivity index (χ0v) is 26.1. The van der Waals surface area contributed by atoms with Gasteiger partial charge in [0, 0.05) is 13.2 Å². The number of anilines is 1. The Hall–Kier alpha value is -2.04. The van der Waals surface area contributed by atoms with Crippen LogP contribution in [0.3, 0.4) is 0 Å². The molecule has 1 aromatic carbocycles. The fourth-order valence-electron chi connectivity index (χ4n) is 6.76. The number of benzene rings is 1. The Labute approximate surface area is 257 Å². The topological polar surface area (TPSA) is 120 Å². The molecule has 2 saturated heterocycles. The van der Waals surface area contributed by atoms with Gasteiger partial charge in [-0.25, -0.2) is 0 Å². The van der Waals surface area contributed by atoms with Crippen molar-refractivity contribution in [1.29, 1.82) is 0 Å². The van der Waals surface area contributed by atoms with E-state index in [1.54, 1.807) is 29.2 Å². The molecule has 2 amide bonds. The molecular formula is C34H54N2O7. The van der Waals surface area contributed by atoms with Crippen LogP contribution in [-0.2, 0) is 14.3 Å². The Bertz CT molecular complexity index is 1010. The van der Waals surface area contributed by atoms with E-state index in [2.05, 4.69) is 6.92 Å². The van der Waals surface area contributed by atoms with Gasteiger partial charge in [0.2, 0.25) is 5.91 Å². The third kappa shape index (κ3) is 9.01. The second-order valence-corrected chi connectivity index (χ2v) is 12.6. The molecule has 242 valence electrons. The van der Waals surface area contributed by atoms with E-state index in [-0.39, 0.29) is 18.4 Å². The molecule has 6 atom stereocenters. The van der Waals surface area contributed by atoms with Crippen molar-refractivity contribution in [2.45, 2.75) is 146 Å². The lowest BCUT2D eigenvalue weighted by Gasteiger charge is -2.42. The molecule has 2 fully saturated rings. The van der Waals surface area contributed by atoms with Gasteiger partial charge in [0.25, 0.3) is 5.91 Å². The minimum Gasteiger partial charge on any atom is -0.388 e. The molecule has 0 bridgehead atoms. The van der Waals surface area contributed by atoms with Gasteiger partial charge in [0.1, 0.15) is 30.5 Å². The molecule has 43 heavy (non-hydrogen) atoms. The Morgan fingerprint density at radius 1 is 0.837 bits per heavy atom. The highest BCUT2D eigenvalue weighted by atomic mass is 16.6. The van der Waals surface area contributed by atoms with E-state index in [9.17, 15) is 24.9 Å². The average Bonchev–Trinajstić information content (AvgIpc) is 3.49. The van der Waals surface area contributed by atoms with Crippen molar-refractivity contribution < 1.29 is 34.4 Å². The molecule has 3 aliphatic heterocycles. The lowest BCUT2D eigenvalue weighted by atomic mass is 9.97. The summed E-state index contributed by atoms with van der Waals surface area (Å²) in [5, 5.41) is 32.2. The molecule has 3 heterocycles. The first kappa shape index (κ1) is 33.8. The summed E-state index contributed by atoms with van der Waals surface area (Å²) in [6, 6.07) is 6.39. The van der Waals surface area contributed by atoms with Gasteiger partial charge in [-0.3, -0.25) is 9.59 Å². The van der Waals surface area contributed by atoms with E-state index >= 15 is 0 Å². The maximum atomic E-state index is 13.6. The number of carbonyl (C=O) groups is 2. The van der Waals surface area contributed by atoms with Crippen LogP contribution in [0.4, 0.5) is 5.69 Å². The predicted octanol–water partition coefficient (Wildman–Crippen LogP) is 4.94. The van der Waals surface area contributed by atoms with Crippen molar-refractivity contribution >= 4 is 17.5 Å². The van der Waals surface area contributed by atoms with Crippen LogP contribution in [0.15, 0.2) is 24.3 Å². The molecular weight excluding hydrogens is 548 g/mol. The number of hydrogen-bond acceptors (Lipinski definition) is 7. The summed E-state index contributed by atoms with van der Waals surface area (Å²) < 4.78 is 11.5. The second kappa shape index (κ2) is 17.4. The van der Waals surface area contributed by atoms with E-state index in [4.69, 9.17) is 9.47 Å². The van der Waals surface area contributed by atoms with Crippen LogP contribution in [-0.4, -0.2) is 88.5 Å². The summed E-state index contributed by atoms with van der Waals surface area (Å²) in [5.74, 6) is -0.406. The number of hydrogen-bond donors (Lipinski definition) is 3. The molecule has 0 radical (unpaired) electrons. The van der Waals surface area contributed by atoms with Crippen LogP contribution in [0, 0.1) is 0 Å². The van der Waals surface area contributed by atoms with Crippen LogP contribution < -0.4 is 4.90 Å². The Morgan fingerprint density at radius 2 is 1.44 bits per heavy atom. The summed E-state index contributed by atoms with van der Waals surface area (Å²) >= 11 is 0. The smallest absolute Gasteiger partial charge is 0.256 e. The second-order valence-electron chi connectivity index (χ2n) is 12.6. The molecule has 9 heteroatoms. The van der Waals surface area contributed by atoms with E-state index in [0.29, 0.717) is 30.8 Å². The molecule has 3 N–H and O–H groups in total. The lowest BCUT2D eigenvalue weighted by Crippen LogP contribution is -2.61. The molecule has 4 rings (SSSR count). The third-order valence-electron chi connectivity index (χ3n) is 9.32. The zero-order chi connectivity index (χ0) is 30.6. The SMILES string of the molecule is CCCCCCCCCCCCCCCCO[C@@H]1[C@@H](O)[C@@H](O)O[C@H](CN2C(=O)C3CCCN3C(=O)c3ccccc32)[C@H]1O. The number of carbonyl (C=O) groups excluding carboxylic acids is 2. The standard InChI is InChI=1S/C34H54N2O7/c1-2-3-4-5-6-7-8-9-10-11-12-13-14-17-23-42-31-29(37)28(43-34(41)30(31)38)24-36-26-20-16-15-19-25(26)32(39)35-22-18-21-27(35)33(36)40/h15-16,19-20,27-31,34,37-38,41H,2-14,17-18,21-24H2,1H3/t27?,28-,29-,30-,31+,34+/m1/s1. The largest absolute Gasteiger partial charge is 0.388 e. The summed E-state index contributed by atoms with van der Waals surface area (Å²) in [6.45, 7) is 3.06. The van der Waals surface area contributed by atoms with Gasteiger partial charge >= 0.3 is 0 Å². The predicted molar refractivity (Wildman–Crippen MR) is 166 cm³/mol. The quantitative estimate of drug-likeness (QED) is 0.204. The van der Waals surface area contributed by atoms with Crippen molar-refractivity contribution in [2.24, 2.45) is 0 Å². The van der Waals surface area contributed by atoms with Gasteiger partial charge in [-0.05, 0) is 31.4 Å². The summed E-state index contributed by atoms with van der Waals surface area (Å²) in [4.78, 5) is 29.9. The van der Waals surface area contributed by atoms with E-state index in [0.717, 1.165) is 25.7 Å². The number of unbranched alkanes of at least 4 members (excludes halogenated alkanes) is 13. The molecule has 3 aliphatic rings. The van der Waals surface area contributed by atoms with Crippen LogP contribution in [0.2, 0.25) is 0 Å². The number of rotatable bonds is 18. The molecule has 0 aliphatic carbocycles. The molecule has 1 aromatic rings. The fraction of sp³-hybridized carbons (Fsp3) is 0.765. The van der Waals surface area contributed by atoms with Crippen molar-refractivity contribution in [2.75, 3.05) is 24.6 Å². The zero-order valence-electron chi connectivity index (χ0n) is 26.1. The first-order chi connectivity index (χ1) is 20.9. The molecule has 9 nitrogen and oxygen atoms in total. The highest BCUT2D eigenvalue weighted by molar-refractivity contribution is 6.11. The van der Waals surface area contributed by atoms with Crippen molar-refractivity contribution in [3.8, 4) is 0 Å². The number of fused-ring (bicyclic) bond motifs is 2. The van der Waals surface area contributed by atoms with Crippen LogP contribution in [0.25, 0.3) is 0 Å². The number of ether oxygens (including phenoxy) is 2. The highest BCUT2D eigenvalue weighted by Crippen LogP contribution is 2.34. The van der Waals surface area contributed by atoms with E-state index in [1.165, 1.54) is 75.5 Å². The van der Waals surface area contributed by atoms with Crippen molar-refractivity contribution in [3.05, 3.63) is 29.8 Å². The number of para-hydroxylation sites is 1. The lowest BCUT2D eigenvalue weighted by molar-refractivity contribution is -0.287. The maximum absolute atomic E-state index is 13.6. The van der Waals surface area contributed by atoms with E-state index < -0.39 is 36.7 Å². The average molecular weight is 603 g/mol. The first-order valence-electron chi connectivity index (χ1n) is 17.0. The minimum atomic E-state index is -1.56. The molecule has 0 saturated carbocycles. The van der Waals surface area contributed by atoms with Crippen molar-refractivity contribution in [1.82, 2.24) is 4.90 Å². The van der Waals surface area contributed by atoms with Crippen LogP contribution in [0.5, 0.6) is 0 Å². The Kier molecular flexibility index (Phi) is 13.7. The highest BCUT2D eigenvalue weighted by Gasteiger charge is 2.48. The summed E-state index contributed by atoms with van der Waals surface area (Å²) in [5.41, 5.74) is 0.889. The van der Waals surface area contributed by atoms with Gasteiger partial charge in [-0.1, -0.05) is 103 Å². The van der Waals surface area contributed by atoms with Crippen LogP contribution in [0.1, 0.15) is 120 Å². The van der Waals surface area contributed by atoms with Gasteiger partial charge < -0.3 is 34.6 Å². The number of amides is 2. The molecule has 1 unspecified atom stereocenters. The molecule has 0 aromatic heterocycles. The van der Waals surface area contributed by atoms with Crippen LogP contribution >= 0.6 is 0 Å². The Balaban J connectivity index is 1.20. The summed E-state index contributed by atoms with van der Waals surface area (Å²) in [6.07, 6.45) is 12.6. The Morgan fingerprint density at radius 3 is 2.09 bits per heavy atom. The van der Waals surface area contributed by atoms with Gasteiger partial charge in [0.15, 0.2) is 6.29 Å². The minimum absolute atomic E-state index is 0.0723. The fourth-order valence-corrected chi connectivity index (χ4v) is 6.76. The summed E-state index contributed by atoms with van der Waals surface area (Å²) in [7, 11) is 0. The number of aliphatic hydroxyl groups is 3. The normalized spacial score (nSPS) is 27.3. The number of aliphatic hydroxyl groups excluding tert-OH is 3. The van der Waals surface area contributed by atoms with Gasteiger partial charge in [-0.15, -0.1) is 0 Å². The first-order valence-corrected chi connectivity index (χ1v) is 17.0. The molecule has 0 spiro atoms. The van der Waals surface area contributed by atoms with Gasteiger partial charge in [-0.2, -0.15) is 0 Å². The van der Waals surface area contributed by atoms with E-state index in [1.807, 2.05) is 0 Å². The number of nitrogens with zero attached hydrogens (tertiary/aromatic N) is 2. The van der Waals surface area contributed by atoms with Crippen molar-refractivity contribution in [3.63, 3.8) is 0 Å². The maximum Gasteiger partial charge on any atom is 0.256 e. The third-order valence-corrected chi connectivity index (χ3v) is 9.32. The monoisotopic (exact) mass is 602 g/mol.